The first-order valence-electron chi connectivity index (χ1n) is 7.41. The molecule has 1 saturated heterocycles. The fourth-order valence-corrected chi connectivity index (χ4v) is 2.49. The number of carbonyl (C=O) groups is 2. The molecule has 114 valence electrons. The Hall–Kier alpha value is -2.11. The molecule has 1 fully saturated rings. The number of nitrogens with zero attached hydrogens (tertiary/aromatic N) is 2. The summed E-state index contributed by atoms with van der Waals surface area (Å²) in [6.45, 7) is 6.31. The van der Waals surface area contributed by atoms with Crippen molar-refractivity contribution in [3.8, 4) is 0 Å². The Labute approximate surface area is 124 Å². The lowest BCUT2D eigenvalue weighted by molar-refractivity contribution is -0.125. The fraction of sp³-hybridized carbons (Fsp3) is 0.533. The predicted octanol–water partition coefficient (Wildman–Crippen LogP) is 0.823. The van der Waals surface area contributed by atoms with Gasteiger partial charge in [-0.1, -0.05) is 6.07 Å². The third-order valence-corrected chi connectivity index (χ3v) is 3.70. The summed E-state index contributed by atoms with van der Waals surface area (Å²) in [7, 11) is 0. The standard InChI is InChI=1S/C15H22N4O2/c1-3-19(4-2)14-11(6-5-9-16-14)10-17-15(21)12-7-8-13(20)18-12/h5-6,9,12H,3-4,7-8,10H2,1-2H3,(H,17,21)(H,18,20)/t12-/m0/s1. The first-order chi connectivity index (χ1) is 10.2. The maximum Gasteiger partial charge on any atom is 0.242 e. The van der Waals surface area contributed by atoms with Gasteiger partial charge in [-0.15, -0.1) is 0 Å². The fourth-order valence-electron chi connectivity index (χ4n) is 2.49. The number of pyridine rings is 1. The molecular weight excluding hydrogens is 268 g/mol. The van der Waals surface area contributed by atoms with Crippen molar-refractivity contribution in [1.29, 1.82) is 0 Å². The largest absolute Gasteiger partial charge is 0.357 e. The van der Waals surface area contributed by atoms with Crippen LogP contribution in [0.5, 0.6) is 0 Å². The highest BCUT2D eigenvalue weighted by Crippen LogP contribution is 2.16. The number of rotatable bonds is 6. The second kappa shape index (κ2) is 7.06. The van der Waals surface area contributed by atoms with Crippen molar-refractivity contribution < 1.29 is 9.59 Å². The van der Waals surface area contributed by atoms with Gasteiger partial charge in [-0.2, -0.15) is 0 Å². The lowest BCUT2D eigenvalue weighted by atomic mass is 10.2. The van der Waals surface area contributed by atoms with E-state index in [9.17, 15) is 9.59 Å². The number of anilines is 1. The second-order valence-electron chi connectivity index (χ2n) is 5.04. The van der Waals surface area contributed by atoms with E-state index in [1.54, 1.807) is 6.20 Å². The van der Waals surface area contributed by atoms with Gasteiger partial charge < -0.3 is 15.5 Å². The van der Waals surface area contributed by atoms with Crippen molar-refractivity contribution in [2.75, 3.05) is 18.0 Å². The summed E-state index contributed by atoms with van der Waals surface area (Å²) in [5, 5.41) is 5.56. The SMILES string of the molecule is CCN(CC)c1ncccc1CNC(=O)[C@@H]1CCC(=O)N1. The van der Waals surface area contributed by atoms with Crippen LogP contribution < -0.4 is 15.5 Å². The molecule has 2 heterocycles. The zero-order valence-electron chi connectivity index (χ0n) is 12.6. The molecule has 2 amide bonds. The van der Waals surface area contributed by atoms with Gasteiger partial charge in [0.25, 0.3) is 0 Å². The van der Waals surface area contributed by atoms with Crippen LogP contribution in [-0.4, -0.2) is 35.9 Å². The number of amides is 2. The Kier molecular flexibility index (Phi) is 5.14. The van der Waals surface area contributed by atoms with Gasteiger partial charge in [-0.05, 0) is 26.3 Å². The van der Waals surface area contributed by atoms with Gasteiger partial charge in [0.2, 0.25) is 11.8 Å². The molecule has 2 N–H and O–H groups in total. The molecule has 0 unspecified atom stereocenters. The van der Waals surface area contributed by atoms with E-state index in [0.29, 0.717) is 19.4 Å². The molecule has 0 aromatic carbocycles. The highest BCUT2D eigenvalue weighted by molar-refractivity contribution is 5.90. The van der Waals surface area contributed by atoms with Crippen LogP contribution in [0.3, 0.4) is 0 Å². The first-order valence-corrected chi connectivity index (χ1v) is 7.41. The minimum Gasteiger partial charge on any atom is -0.357 e. The van der Waals surface area contributed by atoms with Crippen LogP contribution in [0.15, 0.2) is 18.3 Å². The summed E-state index contributed by atoms with van der Waals surface area (Å²) in [5.41, 5.74) is 0.985. The van der Waals surface area contributed by atoms with E-state index < -0.39 is 6.04 Å². The van der Waals surface area contributed by atoms with Crippen LogP contribution in [0.2, 0.25) is 0 Å². The van der Waals surface area contributed by atoms with Crippen molar-refractivity contribution in [3.63, 3.8) is 0 Å². The van der Waals surface area contributed by atoms with Gasteiger partial charge in [0.1, 0.15) is 11.9 Å². The monoisotopic (exact) mass is 290 g/mol. The highest BCUT2D eigenvalue weighted by atomic mass is 16.2. The van der Waals surface area contributed by atoms with Crippen LogP contribution in [0, 0.1) is 0 Å². The summed E-state index contributed by atoms with van der Waals surface area (Å²) in [5.74, 6) is 0.716. The quantitative estimate of drug-likeness (QED) is 0.813. The molecule has 1 aliphatic rings. The van der Waals surface area contributed by atoms with Gasteiger partial charge in [0.15, 0.2) is 0 Å². The van der Waals surface area contributed by atoms with Crippen LogP contribution in [0.4, 0.5) is 5.82 Å². The van der Waals surface area contributed by atoms with Crippen molar-refractivity contribution in [1.82, 2.24) is 15.6 Å². The molecule has 1 aliphatic heterocycles. The predicted molar refractivity (Wildman–Crippen MR) is 80.8 cm³/mol. The number of aromatic nitrogens is 1. The summed E-state index contributed by atoms with van der Waals surface area (Å²) >= 11 is 0. The van der Waals surface area contributed by atoms with Crippen molar-refractivity contribution in [2.24, 2.45) is 0 Å². The average molecular weight is 290 g/mol. The molecule has 6 heteroatoms. The highest BCUT2D eigenvalue weighted by Gasteiger charge is 2.27. The molecule has 2 rings (SSSR count). The molecule has 0 aliphatic carbocycles. The number of nitrogens with one attached hydrogen (secondary N) is 2. The molecule has 6 nitrogen and oxygen atoms in total. The van der Waals surface area contributed by atoms with E-state index in [1.807, 2.05) is 12.1 Å². The topological polar surface area (TPSA) is 74.3 Å². The molecule has 1 aromatic heterocycles. The Balaban J connectivity index is 2.00. The minimum atomic E-state index is -0.397. The molecule has 0 spiro atoms. The van der Waals surface area contributed by atoms with Gasteiger partial charge in [-0.3, -0.25) is 9.59 Å². The summed E-state index contributed by atoms with van der Waals surface area (Å²) < 4.78 is 0. The number of carbonyl (C=O) groups excluding carboxylic acids is 2. The Morgan fingerprint density at radius 2 is 2.24 bits per heavy atom. The normalized spacial score (nSPS) is 17.4. The van der Waals surface area contributed by atoms with E-state index in [-0.39, 0.29) is 11.8 Å². The van der Waals surface area contributed by atoms with Crippen molar-refractivity contribution >= 4 is 17.6 Å². The molecule has 21 heavy (non-hydrogen) atoms. The molecular formula is C15H22N4O2. The molecule has 0 radical (unpaired) electrons. The van der Waals surface area contributed by atoms with E-state index >= 15 is 0 Å². The lowest BCUT2D eigenvalue weighted by Crippen LogP contribution is -2.41. The molecule has 1 atom stereocenters. The third-order valence-electron chi connectivity index (χ3n) is 3.70. The Bertz CT molecular complexity index is 514. The van der Waals surface area contributed by atoms with Crippen molar-refractivity contribution in [2.45, 2.75) is 39.3 Å². The summed E-state index contributed by atoms with van der Waals surface area (Å²) in [4.78, 5) is 29.7. The third kappa shape index (κ3) is 3.71. The smallest absolute Gasteiger partial charge is 0.242 e. The van der Waals surface area contributed by atoms with Crippen LogP contribution in [0.1, 0.15) is 32.3 Å². The minimum absolute atomic E-state index is 0.0552. The van der Waals surface area contributed by atoms with Crippen LogP contribution in [0.25, 0.3) is 0 Å². The second-order valence-corrected chi connectivity index (χ2v) is 5.04. The maximum atomic E-state index is 12.0. The van der Waals surface area contributed by atoms with Crippen LogP contribution >= 0.6 is 0 Å². The van der Waals surface area contributed by atoms with Gasteiger partial charge in [0, 0.05) is 37.8 Å². The average Bonchev–Trinajstić information content (AvgIpc) is 2.94. The molecule has 0 bridgehead atoms. The number of hydrogen-bond acceptors (Lipinski definition) is 4. The van der Waals surface area contributed by atoms with Crippen LogP contribution in [-0.2, 0) is 16.1 Å². The van der Waals surface area contributed by atoms with E-state index in [4.69, 9.17) is 0 Å². The van der Waals surface area contributed by atoms with Crippen molar-refractivity contribution in [3.05, 3.63) is 23.9 Å². The van der Waals surface area contributed by atoms with Gasteiger partial charge in [0.05, 0.1) is 0 Å². The maximum absolute atomic E-state index is 12.0. The van der Waals surface area contributed by atoms with E-state index in [1.165, 1.54) is 0 Å². The van der Waals surface area contributed by atoms with Gasteiger partial charge >= 0.3 is 0 Å². The van der Waals surface area contributed by atoms with E-state index in [0.717, 1.165) is 24.5 Å². The first kappa shape index (κ1) is 15.3. The molecule has 0 saturated carbocycles. The Morgan fingerprint density at radius 1 is 1.48 bits per heavy atom. The zero-order valence-corrected chi connectivity index (χ0v) is 12.6. The molecule has 1 aromatic rings. The van der Waals surface area contributed by atoms with E-state index in [2.05, 4.69) is 34.4 Å². The van der Waals surface area contributed by atoms with Gasteiger partial charge in [-0.25, -0.2) is 4.98 Å². The number of hydrogen-bond donors (Lipinski definition) is 2. The zero-order chi connectivity index (χ0) is 15.2. The summed E-state index contributed by atoms with van der Waals surface area (Å²) in [6, 6.07) is 3.44. The Morgan fingerprint density at radius 3 is 2.86 bits per heavy atom. The summed E-state index contributed by atoms with van der Waals surface area (Å²) in [6.07, 6.45) is 2.76. The lowest BCUT2D eigenvalue weighted by Gasteiger charge is -2.23.